The Labute approximate surface area is 168 Å². The molecule has 3 aromatic rings. The van der Waals surface area contributed by atoms with Crippen molar-refractivity contribution in [2.75, 3.05) is 14.1 Å². The molecule has 0 aromatic carbocycles. The highest BCUT2D eigenvalue weighted by Gasteiger charge is 2.38. The predicted octanol–water partition coefficient (Wildman–Crippen LogP) is 3.03. The van der Waals surface area contributed by atoms with E-state index in [0.717, 1.165) is 5.56 Å². The molecule has 9 heteroatoms. The van der Waals surface area contributed by atoms with Gasteiger partial charge < -0.3 is 9.42 Å². The van der Waals surface area contributed by atoms with Crippen LogP contribution in [0, 0.1) is 5.92 Å². The van der Waals surface area contributed by atoms with Crippen molar-refractivity contribution in [2.24, 2.45) is 5.92 Å². The van der Waals surface area contributed by atoms with Gasteiger partial charge in [-0.2, -0.15) is 10.1 Å². The van der Waals surface area contributed by atoms with Crippen molar-refractivity contribution in [1.29, 1.82) is 0 Å². The monoisotopic (exact) mass is 402 g/mol. The van der Waals surface area contributed by atoms with Gasteiger partial charge in [0, 0.05) is 26.5 Å². The van der Waals surface area contributed by atoms with Gasteiger partial charge in [-0.25, -0.2) is 4.98 Å². The molecule has 0 aliphatic heterocycles. The Kier molecular flexibility index (Phi) is 5.51. The predicted molar refractivity (Wildman–Crippen MR) is 105 cm³/mol. The standard InChI is InChI=1S/C19H23ClN6O2/c1-12(2)19(3,14-6-7-15(20)21-9-14)18-23-17(28-24-18)13-8-22-26(10-13)11-16(27)25(4)5/h6-10,12H,11H2,1-5H3/t19-/m1/s1. The molecular weight excluding hydrogens is 380 g/mol. The van der Waals surface area contributed by atoms with Crippen LogP contribution in [0.25, 0.3) is 11.5 Å². The molecular formula is C19H23ClN6O2. The van der Waals surface area contributed by atoms with Crippen molar-refractivity contribution in [3.8, 4) is 11.5 Å². The van der Waals surface area contributed by atoms with E-state index in [0.29, 0.717) is 22.4 Å². The Morgan fingerprint density at radius 3 is 2.68 bits per heavy atom. The van der Waals surface area contributed by atoms with E-state index in [9.17, 15) is 4.79 Å². The highest BCUT2D eigenvalue weighted by molar-refractivity contribution is 6.29. The van der Waals surface area contributed by atoms with Gasteiger partial charge in [0.15, 0.2) is 5.82 Å². The van der Waals surface area contributed by atoms with E-state index in [1.807, 2.05) is 6.07 Å². The summed E-state index contributed by atoms with van der Waals surface area (Å²) in [6.07, 6.45) is 5.06. The van der Waals surface area contributed by atoms with Crippen molar-refractivity contribution in [2.45, 2.75) is 32.7 Å². The second-order valence-electron chi connectivity index (χ2n) is 7.36. The Hall–Kier alpha value is -2.74. The molecule has 0 saturated heterocycles. The van der Waals surface area contributed by atoms with Gasteiger partial charge in [-0.3, -0.25) is 9.48 Å². The molecule has 148 valence electrons. The summed E-state index contributed by atoms with van der Waals surface area (Å²) in [4.78, 5) is 22.2. The molecule has 0 fully saturated rings. The van der Waals surface area contributed by atoms with Crippen LogP contribution in [-0.4, -0.2) is 49.8 Å². The lowest BCUT2D eigenvalue weighted by atomic mass is 9.73. The van der Waals surface area contributed by atoms with E-state index in [1.165, 1.54) is 4.90 Å². The third-order valence-corrected chi connectivity index (χ3v) is 5.27. The number of carbonyl (C=O) groups is 1. The van der Waals surface area contributed by atoms with E-state index in [1.54, 1.807) is 43.4 Å². The van der Waals surface area contributed by atoms with E-state index in [4.69, 9.17) is 16.1 Å². The zero-order valence-corrected chi connectivity index (χ0v) is 17.3. The fourth-order valence-electron chi connectivity index (χ4n) is 2.80. The minimum Gasteiger partial charge on any atom is -0.347 e. The minimum absolute atomic E-state index is 0.0523. The van der Waals surface area contributed by atoms with Crippen molar-refractivity contribution in [3.63, 3.8) is 0 Å². The fourth-order valence-corrected chi connectivity index (χ4v) is 2.91. The second kappa shape index (κ2) is 7.71. The first-order chi connectivity index (χ1) is 13.2. The Morgan fingerprint density at radius 1 is 1.32 bits per heavy atom. The van der Waals surface area contributed by atoms with Crippen molar-refractivity contribution >= 4 is 17.5 Å². The average Bonchev–Trinajstić information content (AvgIpc) is 3.30. The molecule has 3 rings (SSSR count). The summed E-state index contributed by atoms with van der Waals surface area (Å²) in [5.41, 5.74) is 1.10. The molecule has 28 heavy (non-hydrogen) atoms. The number of hydrogen-bond acceptors (Lipinski definition) is 6. The molecule has 1 amide bonds. The quantitative estimate of drug-likeness (QED) is 0.588. The molecule has 8 nitrogen and oxygen atoms in total. The number of amides is 1. The third-order valence-electron chi connectivity index (χ3n) is 5.05. The number of carbonyl (C=O) groups excluding carboxylic acids is 1. The summed E-state index contributed by atoms with van der Waals surface area (Å²) in [7, 11) is 3.41. The average molecular weight is 403 g/mol. The first kappa shape index (κ1) is 20.0. The Balaban J connectivity index is 1.91. The summed E-state index contributed by atoms with van der Waals surface area (Å²) >= 11 is 5.93. The lowest BCUT2D eigenvalue weighted by Crippen LogP contribution is -2.31. The third kappa shape index (κ3) is 3.77. The summed E-state index contributed by atoms with van der Waals surface area (Å²) in [5.74, 6) is 1.04. The maximum atomic E-state index is 11.8. The van der Waals surface area contributed by atoms with Gasteiger partial charge in [0.1, 0.15) is 11.7 Å². The first-order valence-corrected chi connectivity index (χ1v) is 9.28. The first-order valence-electron chi connectivity index (χ1n) is 8.91. The molecule has 1 atom stereocenters. The van der Waals surface area contributed by atoms with Crippen LogP contribution in [0.15, 0.2) is 35.2 Å². The topological polar surface area (TPSA) is 89.9 Å². The fraction of sp³-hybridized carbons (Fsp3) is 0.421. The zero-order chi connectivity index (χ0) is 20.5. The Bertz CT molecular complexity index is 963. The summed E-state index contributed by atoms with van der Waals surface area (Å²) in [5, 5.41) is 8.86. The number of rotatable bonds is 6. The summed E-state index contributed by atoms with van der Waals surface area (Å²) in [6.45, 7) is 6.38. The smallest absolute Gasteiger partial charge is 0.261 e. The SMILES string of the molecule is CC(C)[C@](C)(c1ccc(Cl)nc1)c1noc(-c2cnn(CC(=O)N(C)C)c2)n1. The normalized spacial score (nSPS) is 13.5. The second-order valence-corrected chi connectivity index (χ2v) is 7.75. The van der Waals surface area contributed by atoms with Gasteiger partial charge in [0.2, 0.25) is 5.91 Å². The highest BCUT2D eigenvalue weighted by Crippen LogP contribution is 2.38. The van der Waals surface area contributed by atoms with Crippen LogP contribution in [0.3, 0.4) is 0 Å². The summed E-state index contributed by atoms with van der Waals surface area (Å²) < 4.78 is 7.05. The molecule has 0 aliphatic rings. The molecule has 3 heterocycles. The van der Waals surface area contributed by atoms with Gasteiger partial charge >= 0.3 is 0 Å². The van der Waals surface area contributed by atoms with E-state index >= 15 is 0 Å². The molecule has 0 N–H and O–H groups in total. The number of likely N-dealkylation sites (N-methyl/N-ethyl adjacent to an activating group) is 1. The van der Waals surface area contributed by atoms with Gasteiger partial charge in [-0.05, 0) is 24.5 Å². The number of halogens is 1. The van der Waals surface area contributed by atoms with Crippen LogP contribution >= 0.6 is 11.6 Å². The molecule has 0 radical (unpaired) electrons. The van der Waals surface area contributed by atoms with Crippen molar-refractivity contribution in [3.05, 3.63) is 47.3 Å². The zero-order valence-electron chi connectivity index (χ0n) is 16.5. The Morgan fingerprint density at radius 2 is 2.07 bits per heavy atom. The van der Waals surface area contributed by atoms with Gasteiger partial charge in [0.05, 0.1) is 17.2 Å². The number of aromatic nitrogens is 5. The van der Waals surface area contributed by atoms with E-state index < -0.39 is 5.41 Å². The van der Waals surface area contributed by atoms with Crippen molar-refractivity contribution in [1.82, 2.24) is 29.8 Å². The number of pyridine rings is 1. The summed E-state index contributed by atoms with van der Waals surface area (Å²) in [6, 6.07) is 3.68. The molecule has 0 saturated carbocycles. The van der Waals surface area contributed by atoms with Gasteiger partial charge in [-0.15, -0.1) is 0 Å². The maximum Gasteiger partial charge on any atom is 0.261 e. The molecule has 0 bridgehead atoms. The minimum atomic E-state index is -0.504. The van der Waals surface area contributed by atoms with Crippen LogP contribution in [0.2, 0.25) is 5.15 Å². The van der Waals surface area contributed by atoms with Crippen LogP contribution in [0.1, 0.15) is 32.2 Å². The molecule has 0 aliphatic carbocycles. The largest absolute Gasteiger partial charge is 0.347 e. The molecule has 0 unspecified atom stereocenters. The molecule has 3 aromatic heterocycles. The van der Waals surface area contributed by atoms with E-state index in [2.05, 4.69) is 41.0 Å². The number of hydrogen-bond donors (Lipinski definition) is 0. The van der Waals surface area contributed by atoms with Gasteiger partial charge in [0.25, 0.3) is 5.89 Å². The highest BCUT2D eigenvalue weighted by atomic mass is 35.5. The van der Waals surface area contributed by atoms with Crippen LogP contribution in [-0.2, 0) is 16.8 Å². The number of nitrogens with zero attached hydrogens (tertiary/aromatic N) is 6. The lowest BCUT2D eigenvalue weighted by Gasteiger charge is -2.30. The van der Waals surface area contributed by atoms with Crippen LogP contribution in [0.4, 0.5) is 0 Å². The van der Waals surface area contributed by atoms with Gasteiger partial charge in [-0.1, -0.05) is 36.7 Å². The van der Waals surface area contributed by atoms with Crippen molar-refractivity contribution < 1.29 is 9.32 Å². The lowest BCUT2D eigenvalue weighted by molar-refractivity contribution is -0.129. The maximum absolute atomic E-state index is 11.8. The van der Waals surface area contributed by atoms with Crippen LogP contribution in [0.5, 0.6) is 0 Å². The van der Waals surface area contributed by atoms with Crippen LogP contribution < -0.4 is 0 Å². The van der Waals surface area contributed by atoms with E-state index in [-0.39, 0.29) is 18.4 Å². The molecule has 0 spiro atoms.